The molecule has 0 saturated heterocycles. The Morgan fingerprint density at radius 2 is 2.18 bits per heavy atom. The zero-order chi connectivity index (χ0) is 19.1. The molecule has 1 fully saturated rings. The molecular formula is C20H26FIN4OS. The lowest BCUT2D eigenvalue weighted by atomic mass is 10.2. The van der Waals surface area contributed by atoms with Gasteiger partial charge in [-0.2, -0.15) is 11.8 Å². The van der Waals surface area contributed by atoms with Gasteiger partial charge in [0.2, 0.25) is 5.88 Å². The van der Waals surface area contributed by atoms with Crippen LogP contribution in [0.1, 0.15) is 24.8 Å². The maximum atomic E-state index is 13.2. The highest BCUT2D eigenvalue weighted by molar-refractivity contribution is 14.0. The second kappa shape index (κ2) is 11.5. The Balaban J connectivity index is 0.00000280. The predicted octanol–water partition coefficient (Wildman–Crippen LogP) is 4.58. The Morgan fingerprint density at radius 3 is 2.82 bits per heavy atom. The standard InChI is InChI=1S/C20H25FN4OS.HI/c1-22-20(25-16-7-8-18(11-16)27-2)24-13-14-6-9-19(23-12-14)26-17-5-3-4-15(21)10-17;/h3-6,9-10,12,16,18H,7-8,11,13H2,1-2H3,(H2,22,24,25);1H. The third-order valence-corrected chi connectivity index (χ3v) is 5.65. The molecule has 8 heteroatoms. The van der Waals surface area contributed by atoms with Gasteiger partial charge in [-0.3, -0.25) is 4.99 Å². The van der Waals surface area contributed by atoms with Gasteiger partial charge in [-0.05, 0) is 43.2 Å². The van der Waals surface area contributed by atoms with Crippen LogP contribution in [0.5, 0.6) is 11.6 Å². The van der Waals surface area contributed by atoms with Gasteiger partial charge in [-0.25, -0.2) is 9.37 Å². The average Bonchev–Trinajstić information content (AvgIpc) is 3.14. The predicted molar refractivity (Wildman–Crippen MR) is 124 cm³/mol. The highest BCUT2D eigenvalue weighted by atomic mass is 127. The second-order valence-corrected chi connectivity index (χ2v) is 7.64. The van der Waals surface area contributed by atoms with Crippen LogP contribution in [0.4, 0.5) is 4.39 Å². The van der Waals surface area contributed by atoms with E-state index in [4.69, 9.17) is 4.74 Å². The van der Waals surface area contributed by atoms with Gasteiger partial charge >= 0.3 is 0 Å². The number of hydrogen-bond donors (Lipinski definition) is 2. The minimum atomic E-state index is -0.335. The molecule has 1 aliphatic carbocycles. The van der Waals surface area contributed by atoms with E-state index in [1.165, 1.54) is 31.4 Å². The molecule has 28 heavy (non-hydrogen) atoms. The van der Waals surface area contributed by atoms with Crippen LogP contribution in [0.25, 0.3) is 0 Å². The van der Waals surface area contributed by atoms with Crippen molar-refractivity contribution in [3.05, 3.63) is 54.0 Å². The Morgan fingerprint density at radius 1 is 1.32 bits per heavy atom. The summed E-state index contributed by atoms with van der Waals surface area (Å²) < 4.78 is 18.8. The molecule has 1 aromatic heterocycles. The van der Waals surface area contributed by atoms with Crippen LogP contribution < -0.4 is 15.4 Å². The van der Waals surface area contributed by atoms with E-state index in [1.54, 1.807) is 31.4 Å². The first-order valence-electron chi connectivity index (χ1n) is 9.04. The number of nitrogens with one attached hydrogen (secondary N) is 2. The summed E-state index contributed by atoms with van der Waals surface area (Å²) in [6.45, 7) is 0.617. The first kappa shape index (κ1) is 22.7. The molecule has 0 bridgehead atoms. The largest absolute Gasteiger partial charge is 0.439 e. The molecule has 1 saturated carbocycles. The zero-order valence-electron chi connectivity index (χ0n) is 16.0. The number of halogens is 2. The summed E-state index contributed by atoms with van der Waals surface area (Å²) in [6, 6.07) is 10.2. The average molecular weight is 516 g/mol. The summed E-state index contributed by atoms with van der Waals surface area (Å²) in [5, 5.41) is 7.56. The highest BCUT2D eigenvalue weighted by Gasteiger charge is 2.24. The smallest absolute Gasteiger partial charge is 0.219 e. The fourth-order valence-corrected chi connectivity index (χ4v) is 3.88. The van der Waals surface area contributed by atoms with E-state index in [2.05, 4.69) is 26.9 Å². The van der Waals surface area contributed by atoms with Crippen molar-refractivity contribution in [2.45, 2.75) is 37.1 Å². The molecule has 2 N–H and O–H groups in total. The lowest BCUT2D eigenvalue weighted by Gasteiger charge is -2.17. The monoisotopic (exact) mass is 516 g/mol. The number of pyridine rings is 1. The van der Waals surface area contributed by atoms with Gasteiger partial charge < -0.3 is 15.4 Å². The van der Waals surface area contributed by atoms with Crippen molar-refractivity contribution in [1.82, 2.24) is 15.6 Å². The van der Waals surface area contributed by atoms with Crippen molar-refractivity contribution in [3.63, 3.8) is 0 Å². The molecular weight excluding hydrogens is 490 g/mol. The summed E-state index contributed by atoms with van der Waals surface area (Å²) in [7, 11) is 1.78. The molecule has 2 aromatic rings. The number of aromatic nitrogens is 1. The molecule has 1 aliphatic rings. The van der Waals surface area contributed by atoms with Crippen molar-refractivity contribution in [3.8, 4) is 11.6 Å². The lowest BCUT2D eigenvalue weighted by molar-refractivity contribution is 0.457. The maximum Gasteiger partial charge on any atom is 0.219 e. The molecule has 0 spiro atoms. The summed E-state index contributed by atoms with van der Waals surface area (Å²) in [5.74, 6) is 1.33. The third kappa shape index (κ3) is 6.80. The summed E-state index contributed by atoms with van der Waals surface area (Å²) in [5.41, 5.74) is 1.01. The minimum Gasteiger partial charge on any atom is -0.439 e. The number of hydrogen-bond acceptors (Lipinski definition) is 4. The number of aliphatic imine (C=N–C) groups is 1. The number of ether oxygens (including phenoxy) is 1. The van der Waals surface area contributed by atoms with E-state index in [-0.39, 0.29) is 29.8 Å². The Kier molecular flexibility index (Phi) is 9.30. The van der Waals surface area contributed by atoms with Crippen molar-refractivity contribution in [1.29, 1.82) is 0 Å². The van der Waals surface area contributed by atoms with Crippen molar-refractivity contribution >= 4 is 41.7 Å². The number of benzene rings is 1. The molecule has 1 aromatic carbocycles. The van der Waals surface area contributed by atoms with Crippen molar-refractivity contribution < 1.29 is 9.13 Å². The molecule has 0 aliphatic heterocycles. The quantitative estimate of drug-likeness (QED) is 0.335. The number of thioether (sulfide) groups is 1. The van der Waals surface area contributed by atoms with E-state index in [0.29, 0.717) is 24.2 Å². The van der Waals surface area contributed by atoms with Crippen LogP contribution in [0.15, 0.2) is 47.6 Å². The van der Waals surface area contributed by atoms with Crippen molar-refractivity contribution in [2.75, 3.05) is 13.3 Å². The Hall–Kier alpha value is -1.55. The maximum absolute atomic E-state index is 13.2. The molecule has 1 heterocycles. The highest BCUT2D eigenvalue weighted by Crippen LogP contribution is 2.28. The van der Waals surface area contributed by atoms with Gasteiger partial charge in [0.05, 0.1) is 0 Å². The molecule has 2 atom stereocenters. The van der Waals surface area contributed by atoms with E-state index in [9.17, 15) is 4.39 Å². The van der Waals surface area contributed by atoms with Crippen LogP contribution in [0.3, 0.4) is 0 Å². The first-order valence-corrected chi connectivity index (χ1v) is 10.3. The van der Waals surface area contributed by atoms with E-state index < -0.39 is 0 Å². The Labute approximate surface area is 187 Å². The van der Waals surface area contributed by atoms with Crippen LogP contribution >= 0.6 is 35.7 Å². The van der Waals surface area contributed by atoms with Crippen LogP contribution in [-0.2, 0) is 6.54 Å². The molecule has 3 rings (SSSR count). The number of nitrogens with zero attached hydrogens (tertiary/aromatic N) is 2. The normalized spacial score (nSPS) is 19.0. The molecule has 5 nitrogen and oxygen atoms in total. The van der Waals surface area contributed by atoms with E-state index in [1.807, 2.05) is 17.8 Å². The first-order chi connectivity index (χ1) is 13.2. The van der Waals surface area contributed by atoms with Crippen molar-refractivity contribution in [2.24, 2.45) is 4.99 Å². The van der Waals surface area contributed by atoms with Gasteiger partial charge in [0.15, 0.2) is 5.96 Å². The second-order valence-electron chi connectivity index (χ2n) is 6.50. The third-order valence-electron chi connectivity index (χ3n) is 4.56. The fraction of sp³-hybridized carbons (Fsp3) is 0.400. The lowest BCUT2D eigenvalue weighted by Crippen LogP contribution is -2.42. The van der Waals surface area contributed by atoms with E-state index >= 15 is 0 Å². The SMILES string of the molecule is CN=C(NCc1ccc(Oc2cccc(F)c2)nc1)NC1CCC(SC)C1.I. The molecule has 152 valence electrons. The number of rotatable bonds is 6. The number of guanidine groups is 1. The van der Waals surface area contributed by atoms with Gasteiger partial charge in [-0.1, -0.05) is 12.1 Å². The molecule has 0 amide bonds. The van der Waals surface area contributed by atoms with Crippen LogP contribution in [0.2, 0.25) is 0 Å². The van der Waals surface area contributed by atoms with E-state index in [0.717, 1.165) is 16.8 Å². The van der Waals surface area contributed by atoms with Crippen LogP contribution in [0, 0.1) is 5.82 Å². The summed E-state index contributed by atoms with van der Waals surface area (Å²) >= 11 is 1.94. The van der Waals surface area contributed by atoms with Gasteiger partial charge in [0.25, 0.3) is 0 Å². The summed E-state index contributed by atoms with van der Waals surface area (Å²) in [6.07, 6.45) is 7.53. The Bertz CT molecular complexity index is 775. The molecule has 0 radical (unpaired) electrons. The topological polar surface area (TPSA) is 58.5 Å². The molecule has 2 unspecified atom stereocenters. The van der Waals surface area contributed by atoms with Crippen LogP contribution in [-0.4, -0.2) is 35.5 Å². The zero-order valence-corrected chi connectivity index (χ0v) is 19.2. The minimum absolute atomic E-state index is 0. The van der Waals surface area contributed by atoms with Gasteiger partial charge in [0, 0.05) is 43.2 Å². The fourth-order valence-electron chi connectivity index (χ4n) is 3.09. The van der Waals surface area contributed by atoms with Gasteiger partial charge in [0.1, 0.15) is 11.6 Å². The van der Waals surface area contributed by atoms with Gasteiger partial charge in [-0.15, -0.1) is 24.0 Å². The summed E-state index contributed by atoms with van der Waals surface area (Å²) in [4.78, 5) is 8.59.